The number of halogens is 1. The second-order valence-electron chi connectivity index (χ2n) is 11.1. The van der Waals surface area contributed by atoms with Crippen molar-refractivity contribution >= 4 is 35.0 Å². The molecule has 4 aliphatic rings. The van der Waals surface area contributed by atoms with E-state index in [1.165, 1.54) is 17.5 Å². The molecule has 1 aromatic rings. The lowest BCUT2D eigenvalue weighted by Crippen LogP contribution is -2.71. The van der Waals surface area contributed by atoms with Gasteiger partial charge in [0, 0.05) is 76.5 Å². The smallest absolute Gasteiger partial charge is 0.253 e. The number of nitrogens with zero attached hydrogens (tertiary/aromatic N) is 4. The molecule has 4 saturated heterocycles. The van der Waals surface area contributed by atoms with Crippen LogP contribution in [0.1, 0.15) is 32.6 Å². The highest BCUT2D eigenvalue weighted by Crippen LogP contribution is 2.42. The normalized spacial score (nSPS) is 25.1. The lowest BCUT2D eigenvalue weighted by Gasteiger charge is -2.49. The van der Waals surface area contributed by atoms with Crippen LogP contribution in [0.5, 0.6) is 0 Å². The number of carbonyl (C=O) groups excluding carboxylic acids is 3. The number of nitrogens with one attached hydrogen (secondary N) is 1. The quantitative estimate of drug-likeness (QED) is 0.600. The Bertz CT molecular complexity index is 1030. The monoisotopic (exact) mass is 531 g/mol. The molecule has 1 atom stereocenters. The molecule has 0 unspecified atom stereocenters. The van der Waals surface area contributed by atoms with E-state index < -0.39 is 5.54 Å². The number of benzene rings is 1. The summed E-state index contributed by atoms with van der Waals surface area (Å²) in [5, 5.41) is 4.02. The molecule has 0 radical (unpaired) electrons. The Morgan fingerprint density at radius 3 is 2.43 bits per heavy atom. The first-order chi connectivity index (χ1) is 17.7. The Kier molecular flexibility index (Phi) is 7.40. The van der Waals surface area contributed by atoms with Crippen LogP contribution in [0, 0.1) is 5.41 Å². The van der Waals surface area contributed by atoms with Gasteiger partial charge < -0.3 is 24.8 Å². The molecule has 37 heavy (non-hydrogen) atoms. The van der Waals surface area contributed by atoms with Crippen molar-refractivity contribution < 1.29 is 19.1 Å². The van der Waals surface area contributed by atoms with Crippen LogP contribution in [0.2, 0.25) is 5.02 Å². The summed E-state index contributed by atoms with van der Waals surface area (Å²) in [4.78, 5) is 46.5. The maximum atomic E-state index is 13.3. The van der Waals surface area contributed by atoms with E-state index in [-0.39, 0.29) is 42.4 Å². The van der Waals surface area contributed by atoms with E-state index in [1.54, 1.807) is 7.05 Å². The largest absolute Gasteiger partial charge is 0.375 e. The van der Waals surface area contributed by atoms with Gasteiger partial charge in [-0.25, -0.2) is 0 Å². The third kappa shape index (κ3) is 5.05. The molecule has 1 N–H and O–H groups in total. The number of likely N-dealkylation sites (N-methyl/N-ethyl adjacent to an activating group) is 1. The zero-order valence-electron chi connectivity index (χ0n) is 21.9. The number of anilines is 1. The summed E-state index contributed by atoms with van der Waals surface area (Å²) in [5.41, 5.74) is -0.110. The number of carbonyl (C=O) groups is 3. The maximum absolute atomic E-state index is 13.3. The lowest BCUT2D eigenvalue weighted by atomic mass is 9.75. The predicted octanol–water partition coefficient (Wildman–Crippen LogP) is 1.60. The van der Waals surface area contributed by atoms with Crippen molar-refractivity contribution in [2.24, 2.45) is 5.41 Å². The molecule has 9 nitrogen and oxygen atoms in total. The van der Waals surface area contributed by atoms with Crippen molar-refractivity contribution in [3.63, 3.8) is 0 Å². The number of rotatable bonds is 6. The SMILES string of the molecule is CC(=O)N(C)C1(C(=O)N2CCC3(CC2)C[C@H](CCN2CCN(c4cccc(Cl)c4)CC2)NC3=O)COC1. The average molecular weight is 532 g/mol. The number of hydrogen-bond donors (Lipinski definition) is 1. The van der Waals surface area contributed by atoms with E-state index in [2.05, 4.69) is 21.2 Å². The summed E-state index contributed by atoms with van der Waals surface area (Å²) >= 11 is 6.15. The molecule has 0 saturated carbocycles. The van der Waals surface area contributed by atoms with Gasteiger partial charge in [-0.2, -0.15) is 0 Å². The van der Waals surface area contributed by atoms with Gasteiger partial charge in [0.1, 0.15) is 0 Å². The minimum Gasteiger partial charge on any atom is -0.375 e. The third-order valence-corrected chi connectivity index (χ3v) is 9.23. The number of likely N-dealkylation sites (tertiary alicyclic amines) is 1. The molecule has 202 valence electrons. The summed E-state index contributed by atoms with van der Waals surface area (Å²) in [6.45, 7) is 7.92. The van der Waals surface area contributed by atoms with Gasteiger partial charge in [-0.15, -0.1) is 0 Å². The molecule has 4 aliphatic heterocycles. The third-order valence-electron chi connectivity index (χ3n) is 9.00. The van der Waals surface area contributed by atoms with Crippen molar-refractivity contribution in [1.29, 1.82) is 0 Å². The first-order valence-corrected chi connectivity index (χ1v) is 13.8. The van der Waals surface area contributed by atoms with Gasteiger partial charge in [0.2, 0.25) is 11.8 Å². The number of piperazine rings is 1. The first-order valence-electron chi connectivity index (χ1n) is 13.4. The van der Waals surface area contributed by atoms with Crippen LogP contribution < -0.4 is 10.2 Å². The highest BCUT2D eigenvalue weighted by atomic mass is 35.5. The van der Waals surface area contributed by atoms with Crippen molar-refractivity contribution in [2.75, 3.05) is 71.0 Å². The molecule has 3 amide bonds. The summed E-state index contributed by atoms with van der Waals surface area (Å²) in [7, 11) is 1.67. The second kappa shape index (κ2) is 10.4. The van der Waals surface area contributed by atoms with Gasteiger partial charge in [0.05, 0.1) is 18.6 Å². The summed E-state index contributed by atoms with van der Waals surface area (Å²) in [6, 6.07) is 8.20. The highest BCUT2D eigenvalue weighted by molar-refractivity contribution is 6.30. The van der Waals surface area contributed by atoms with E-state index in [9.17, 15) is 14.4 Å². The van der Waals surface area contributed by atoms with Gasteiger partial charge in [0.15, 0.2) is 5.54 Å². The molecule has 10 heteroatoms. The fourth-order valence-electron chi connectivity index (χ4n) is 6.29. The van der Waals surface area contributed by atoms with Crippen LogP contribution in [-0.4, -0.2) is 110 Å². The van der Waals surface area contributed by atoms with Gasteiger partial charge in [-0.1, -0.05) is 17.7 Å². The molecule has 5 rings (SSSR count). The Morgan fingerprint density at radius 2 is 1.84 bits per heavy atom. The van der Waals surface area contributed by atoms with E-state index in [0.29, 0.717) is 25.9 Å². The predicted molar refractivity (Wildman–Crippen MR) is 142 cm³/mol. The zero-order valence-corrected chi connectivity index (χ0v) is 22.6. The highest BCUT2D eigenvalue weighted by Gasteiger charge is 2.55. The molecular weight excluding hydrogens is 494 g/mol. The molecule has 0 bridgehead atoms. The molecule has 4 fully saturated rings. The Hall–Kier alpha value is -2.36. The Balaban J connectivity index is 1.09. The standard InChI is InChI=1S/C27H38ClN5O4/c1-20(34)30(2)27(18-37-19-27)25(36)33-10-7-26(8-11-33)17-22(29-24(26)35)6-9-31-12-14-32(15-13-31)23-5-3-4-21(28)16-23/h3-5,16,22H,6-15,17-19H2,1-2H3,(H,29,35)/t22-/m0/s1. The van der Waals surface area contributed by atoms with Crippen LogP contribution >= 0.6 is 11.6 Å². The van der Waals surface area contributed by atoms with Crippen molar-refractivity contribution in [3.05, 3.63) is 29.3 Å². The molecule has 0 aliphatic carbocycles. The summed E-state index contributed by atoms with van der Waals surface area (Å²) < 4.78 is 5.34. The van der Waals surface area contributed by atoms with Gasteiger partial charge in [-0.05, 0) is 43.9 Å². The molecule has 0 aromatic heterocycles. The number of amides is 3. The molecule has 1 spiro atoms. The van der Waals surface area contributed by atoms with Crippen molar-refractivity contribution in [3.8, 4) is 0 Å². The number of ether oxygens (including phenoxy) is 1. The van der Waals surface area contributed by atoms with Gasteiger partial charge in [-0.3, -0.25) is 19.3 Å². The molecular formula is C27H38ClN5O4. The van der Waals surface area contributed by atoms with Gasteiger partial charge in [0.25, 0.3) is 5.91 Å². The van der Waals surface area contributed by atoms with E-state index >= 15 is 0 Å². The zero-order chi connectivity index (χ0) is 26.2. The fourth-order valence-corrected chi connectivity index (χ4v) is 6.47. The van der Waals surface area contributed by atoms with Crippen molar-refractivity contribution in [1.82, 2.24) is 20.0 Å². The average Bonchev–Trinajstić information content (AvgIpc) is 3.17. The molecule has 4 heterocycles. The van der Waals surface area contributed by atoms with Crippen LogP contribution in [0.3, 0.4) is 0 Å². The summed E-state index contributed by atoms with van der Waals surface area (Å²) in [6.07, 6.45) is 3.11. The van der Waals surface area contributed by atoms with Crippen LogP contribution in [0.15, 0.2) is 24.3 Å². The lowest BCUT2D eigenvalue weighted by molar-refractivity contribution is -0.184. The number of piperidine rings is 1. The van der Waals surface area contributed by atoms with Gasteiger partial charge >= 0.3 is 0 Å². The first kappa shape index (κ1) is 26.3. The fraction of sp³-hybridized carbons (Fsp3) is 0.667. The second-order valence-corrected chi connectivity index (χ2v) is 11.6. The van der Waals surface area contributed by atoms with Crippen molar-refractivity contribution in [2.45, 2.75) is 44.2 Å². The molecule has 1 aromatic carbocycles. The van der Waals surface area contributed by atoms with Crippen LogP contribution in [0.25, 0.3) is 0 Å². The number of hydrogen-bond acceptors (Lipinski definition) is 6. The maximum Gasteiger partial charge on any atom is 0.253 e. The van der Waals surface area contributed by atoms with E-state index in [1.807, 2.05) is 23.1 Å². The van der Waals surface area contributed by atoms with E-state index in [0.717, 1.165) is 50.6 Å². The topological polar surface area (TPSA) is 85.4 Å². The Labute approximate surface area is 224 Å². The minimum absolute atomic E-state index is 0.0572. The van der Waals surface area contributed by atoms with E-state index in [4.69, 9.17) is 16.3 Å². The minimum atomic E-state index is -0.895. The Morgan fingerprint density at radius 1 is 1.14 bits per heavy atom. The summed E-state index contributed by atoms with van der Waals surface area (Å²) in [5.74, 6) is -0.0647. The van der Waals surface area contributed by atoms with Crippen LogP contribution in [0.4, 0.5) is 5.69 Å². The van der Waals surface area contributed by atoms with Crippen LogP contribution in [-0.2, 0) is 19.1 Å².